The van der Waals surface area contributed by atoms with Crippen LogP contribution in [0, 0.1) is 5.92 Å². The largest absolute Gasteiger partial charge is 0.450 e. The number of anilines is 1. The first-order valence-corrected chi connectivity index (χ1v) is 11.2. The van der Waals surface area contributed by atoms with E-state index in [0.29, 0.717) is 31.4 Å². The molecule has 7 nitrogen and oxygen atoms in total. The van der Waals surface area contributed by atoms with Crippen LogP contribution in [0.25, 0.3) is 10.2 Å². The summed E-state index contributed by atoms with van der Waals surface area (Å²) in [5.41, 5.74) is 0.898. The van der Waals surface area contributed by atoms with Crippen LogP contribution in [0.2, 0.25) is 0 Å². The van der Waals surface area contributed by atoms with Crippen molar-refractivity contribution in [2.24, 2.45) is 5.92 Å². The average molecular weight is 418 g/mol. The summed E-state index contributed by atoms with van der Waals surface area (Å²) in [7, 11) is 0. The van der Waals surface area contributed by atoms with Gasteiger partial charge >= 0.3 is 6.09 Å². The average Bonchev–Trinajstić information content (AvgIpc) is 3.41. The van der Waals surface area contributed by atoms with Crippen LogP contribution in [0.1, 0.15) is 32.6 Å². The molecule has 0 unspecified atom stereocenters. The molecule has 0 spiro atoms. The zero-order chi connectivity index (χ0) is 20.2. The predicted molar refractivity (Wildman–Crippen MR) is 112 cm³/mol. The molecule has 4 rings (SSSR count). The number of hydrogen-bond donors (Lipinski definition) is 0. The van der Waals surface area contributed by atoms with E-state index in [1.165, 1.54) is 11.3 Å². The van der Waals surface area contributed by atoms with E-state index < -0.39 is 0 Å². The molecule has 2 atom stereocenters. The molecule has 1 aromatic carbocycles. The lowest BCUT2D eigenvalue weighted by Gasteiger charge is -2.34. The monoisotopic (exact) mass is 417 g/mol. The van der Waals surface area contributed by atoms with Crippen LogP contribution in [0.15, 0.2) is 24.3 Å². The minimum absolute atomic E-state index is 0.0218. The molecule has 156 valence electrons. The van der Waals surface area contributed by atoms with Crippen LogP contribution in [-0.2, 0) is 14.3 Å². The second kappa shape index (κ2) is 9.09. The van der Waals surface area contributed by atoms with E-state index in [-0.39, 0.29) is 24.0 Å². The lowest BCUT2D eigenvalue weighted by Crippen LogP contribution is -2.48. The number of rotatable bonds is 5. The van der Waals surface area contributed by atoms with Gasteiger partial charge in [0.1, 0.15) is 0 Å². The van der Waals surface area contributed by atoms with E-state index in [1.54, 1.807) is 16.7 Å². The molecule has 3 heterocycles. The molecule has 2 fully saturated rings. The zero-order valence-electron chi connectivity index (χ0n) is 16.7. The molecule has 0 saturated carbocycles. The Balaban J connectivity index is 1.56. The van der Waals surface area contributed by atoms with Crippen molar-refractivity contribution in [1.29, 1.82) is 0 Å². The van der Waals surface area contributed by atoms with Crippen molar-refractivity contribution in [3.63, 3.8) is 0 Å². The van der Waals surface area contributed by atoms with Gasteiger partial charge in [0.2, 0.25) is 5.91 Å². The number of amides is 2. The molecular weight excluding hydrogens is 390 g/mol. The molecule has 2 saturated heterocycles. The number of ether oxygens (including phenoxy) is 2. The molecule has 0 N–H and O–H groups in total. The van der Waals surface area contributed by atoms with Gasteiger partial charge in [0, 0.05) is 19.7 Å². The van der Waals surface area contributed by atoms with Gasteiger partial charge in [-0.15, -0.1) is 0 Å². The Bertz CT molecular complexity index is 831. The number of aromatic nitrogens is 1. The van der Waals surface area contributed by atoms with Crippen molar-refractivity contribution >= 4 is 38.7 Å². The van der Waals surface area contributed by atoms with Crippen LogP contribution in [-0.4, -0.2) is 60.8 Å². The highest BCUT2D eigenvalue weighted by atomic mass is 32.1. The van der Waals surface area contributed by atoms with E-state index in [1.807, 2.05) is 24.3 Å². The Morgan fingerprint density at radius 1 is 1.31 bits per heavy atom. The number of para-hydroxylation sites is 1. The standard InChI is InChI=1S/C21H27N3O4S/c1-2-27-21(26)23-11-5-7-15(13-23)19(25)24(14-16-8-6-12-28-16)20-22-17-9-3-4-10-18(17)29-20/h3-4,9-10,15-16H,2,5-8,11-14H2,1H3/t15-,16-/m1/s1. The summed E-state index contributed by atoms with van der Waals surface area (Å²) in [4.78, 5) is 33.9. The third kappa shape index (κ3) is 4.53. The van der Waals surface area contributed by atoms with E-state index in [0.717, 1.165) is 42.5 Å². The van der Waals surface area contributed by atoms with E-state index in [2.05, 4.69) is 0 Å². The molecule has 0 radical (unpaired) electrons. The zero-order valence-corrected chi connectivity index (χ0v) is 17.5. The smallest absolute Gasteiger partial charge is 0.409 e. The Labute approximate surface area is 174 Å². The summed E-state index contributed by atoms with van der Waals surface area (Å²) in [5.74, 6) is -0.227. The first-order chi connectivity index (χ1) is 14.2. The number of nitrogens with zero attached hydrogens (tertiary/aromatic N) is 3. The van der Waals surface area contributed by atoms with Crippen LogP contribution in [0.4, 0.5) is 9.93 Å². The molecule has 2 aliphatic rings. The first-order valence-electron chi connectivity index (χ1n) is 10.4. The molecule has 2 aliphatic heterocycles. The SMILES string of the molecule is CCOC(=O)N1CCC[C@@H](C(=O)N(C[C@H]2CCCO2)c2nc3ccccc3s2)C1. The quantitative estimate of drug-likeness (QED) is 0.742. The number of likely N-dealkylation sites (tertiary alicyclic amines) is 1. The maximum Gasteiger partial charge on any atom is 0.409 e. The molecule has 8 heteroatoms. The number of piperidine rings is 1. The molecule has 0 aliphatic carbocycles. The van der Waals surface area contributed by atoms with Crippen molar-refractivity contribution in [3.05, 3.63) is 24.3 Å². The van der Waals surface area contributed by atoms with Gasteiger partial charge in [-0.2, -0.15) is 0 Å². The van der Waals surface area contributed by atoms with Gasteiger partial charge in [-0.3, -0.25) is 9.69 Å². The predicted octanol–water partition coefficient (Wildman–Crippen LogP) is 3.68. The van der Waals surface area contributed by atoms with Gasteiger partial charge in [0.25, 0.3) is 0 Å². The second-order valence-electron chi connectivity index (χ2n) is 7.53. The lowest BCUT2D eigenvalue weighted by atomic mass is 9.96. The Kier molecular flexibility index (Phi) is 6.30. The van der Waals surface area contributed by atoms with Crippen molar-refractivity contribution in [1.82, 2.24) is 9.88 Å². The summed E-state index contributed by atoms with van der Waals surface area (Å²) in [6.45, 7) is 4.41. The summed E-state index contributed by atoms with van der Waals surface area (Å²) in [5, 5.41) is 0.708. The molecule has 0 bridgehead atoms. The Morgan fingerprint density at radius 2 is 2.17 bits per heavy atom. The Morgan fingerprint density at radius 3 is 2.93 bits per heavy atom. The number of carbonyl (C=O) groups is 2. The van der Waals surface area contributed by atoms with Crippen molar-refractivity contribution in [3.8, 4) is 0 Å². The van der Waals surface area contributed by atoms with Crippen molar-refractivity contribution in [2.45, 2.75) is 38.7 Å². The number of benzene rings is 1. The van der Waals surface area contributed by atoms with Gasteiger partial charge in [0.05, 0.1) is 35.4 Å². The topological polar surface area (TPSA) is 72.0 Å². The van der Waals surface area contributed by atoms with Crippen LogP contribution >= 0.6 is 11.3 Å². The number of hydrogen-bond acceptors (Lipinski definition) is 6. The fraction of sp³-hybridized carbons (Fsp3) is 0.571. The minimum Gasteiger partial charge on any atom is -0.450 e. The van der Waals surface area contributed by atoms with Gasteiger partial charge < -0.3 is 14.4 Å². The van der Waals surface area contributed by atoms with Gasteiger partial charge in [-0.05, 0) is 44.7 Å². The normalized spacial score (nSPS) is 22.0. The minimum atomic E-state index is -0.337. The molecule has 2 amide bonds. The molecular formula is C21H27N3O4S. The Hall–Kier alpha value is -2.19. The lowest BCUT2D eigenvalue weighted by molar-refractivity contribution is -0.124. The highest BCUT2D eigenvalue weighted by molar-refractivity contribution is 7.22. The van der Waals surface area contributed by atoms with E-state index in [9.17, 15) is 9.59 Å². The summed E-state index contributed by atoms with van der Waals surface area (Å²) in [6.07, 6.45) is 3.23. The summed E-state index contributed by atoms with van der Waals surface area (Å²) < 4.78 is 12.0. The van der Waals surface area contributed by atoms with Crippen LogP contribution < -0.4 is 4.90 Å². The van der Waals surface area contributed by atoms with Gasteiger partial charge in [-0.25, -0.2) is 9.78 Å². The molecule has 2 aromatic rings. The third-order valence-corrected chi connectivity index (χ3v) is 6.55. The van der Waals surface area contributed by atoms with Gasteiger partial charge in [0.15, 0.2) is 5.13 Å². The molecule has 1 aromatic heterocycles. The molecule has 29 heavy (non-hydrogen) atoms. The van der Waals surface area contributed by atoms with E-state index in [4.69, 9.17) is 14.5 Å². The van der Waals surface area contributed by atoms with Crippen molar-refractivity contribution in [2.75, 3.05) is 37.7 Å². The third-order valence-electron chi connectivity index (χ3n) is 5.49. The van der Waals surface area contributed by atoms with E-state index >= 15 is 0 Å². The highest BCUT2D eigenvalue weighted by Crippen LogP contribution is 2.32. The number of carbonyl (C=O) groups excluding carboxylic acids is 2. The number of fused-ring (bicyclic) bond motifs is 1. The maximum absolute atomic E-state index is 13.5. The van der Waals surface area contributed by atoms with Crippen LogP contribution in [0.3, 0.4) is 0 Å². The van der Waals surface area contributed by atoms with Crippen molar-refractivity contribution < 1.29 is 19.1 Å². The highest BCUT2D eigenvalue weighted by Gasteiger charge is 2.35. The fourth-order valence-electron chi connectivity index (χ4n) is 4.01. The summed E-state index contributed by atoms with van der Waals surface area (Å²) >= 11 is 1.53. The summed E-state index contributed by atoms with van der Waals surface area (Å²) in [6, 6.07) is 7.92. The number of thiazole rings is 1. The second-order valence-corrected chi connectivity index (χ2v) is 8.54. The fourth-order valence-corrected chi connectivity index (χ4v) is 4.99. The maximum atomic E-state index is 13.5. The first kappa shape index (κ1) is 20.1. The van der Waals surface area contributed by atoms with Crippen LogP contribution in [0.5, 0.6) is 0 Å². The van der Waals surface area contributed by atoms with Gasteiger partial charge in [-0.1, -0.05) is 23.5 Å².